The van der Waals surface area contributed by atoms with Crippen molar-refractivity contribution >= 4 is 0 Å². The number of nitrogens with two attached hydrogens (primary N) is 1. The van der Waals surface area contributed by atoms with Crippen LogP contribution in [-0.2, 0) is 4.74 Å². The summed E-state index contributed by atoms with van der Waals surface area (Å²) in [7, 11) is 1.65. The van der Waals surface area contributed by atoms with Crippen LogP contribution in [0.4, 0.5) is 0 Å². The molecule has 18 heavy (non-hydrogen) atoms. The molecule has 0 spiro atoms. The fourth-order valence-electron chi connectivity index (χ4n) is 2.76. The Labute approximate surface area is 107 Å². The van der Waals surface area contributed by atoms with Crippen molar-refractivity contribution < 1.29 is 14.2 Å². The summed E-state index contributed by atoms with van der Waals surface area (Å²) in [6.07, 6.45) is 3.27. The molecule has 1 aromatic carbocycles. The Kier molecular flexibility index (Phi) is 3.14. The lowest BCUT2D eigenvalue weighted by Crippen LogP contribution is -2.38. The minimum absolute atomic E-state index is 0.0221. The second kappa shape index (κ2) is 4.78. The number of hydrogen-bond donors (Lipinski definition) is 1. The molecule has 1 fully saturated rings. The van der Waals surface area contributed by atoms with E-state index in [1.807, 2.05) is 18.2 Å². The molecule has 3 atom stereocenters. The van der Waals surface area contributed by atoms with E-state index in [-0.39, 0.29) is 18.2 Å². The van der Waals surface area contributed by atoms with Gasteiger partial charge in [0.25, 0.3) is 0 Å². The summed E-state index contributed by atoms with van der Waals surface area (Å²) in [5, 5.41) is 0. The van der Waals surface area contributed by atoms with E-state index in [4.69, 9.17) is 19.9 Å². The Morgan fingerprint density at radius 2 is 2.22 bits per heavy atom. The molecular formula is C14H19NO3. The third kappa shape index (κ3) is 2.06. The average molecular weight is 249 g/mol. The van der Waals surface area contributed by atoms with Gasteiger partial charge in [0, 0.05) is 30.7 Å². The van der Waals surface area contributed by atoms with Crippen molar-refractivity contribution in [3.63, 3.8) is 0 Å². The maximum absolute atomic E-state index is 6.22. The Morgan fingerprint density at radius 1 is 1.33 bits per heavy atom. The van der Waals surface area contributed by atoms with Crippen molar-refractivity contribution in [3.05, 3.63) is 23.8 Å². The average Bonchev–Trinajstić information content (AvgIpc) is 2.91. The van der Waals surface area contributed by atoms with Gasteiger partial charge in [-0.05, 0) is 18.9 Å². The Bertz CT molecular complexity index is 429. The highest BCUT2D eigenvalue weighted by molar-refractivity contribution is 5.43. The number of methoxy groups -OCH3 is 1. The Morgan fingerprint density at radius 3 is 2.94 bits per heavy atom. The second-order valence-corrected chi connectivity index (χ2v) is 4.95. The van der Waals surface area contributed by atoms with Crippen LogP contribution in [-0.4, -0.2) is 25.9 Å². The minimum atomic E-state index is 0.0221. The van der Waals surface area contributed by atoms with Crippen molar-refractivity contribution in [1.82, 2.24) is 0 Å². The monoisotopic (exact) mass is 249 g/mol. The van der Waals surface area contributed by atoms with E-state index in [9.17, 15) is 0 Å². The number of rotatable bonds is 2. The molecule has 2 unspecified atom stereocenters. The fourth-order valence-corrected chi connectivity index (χ4v) is 2.76. The zero-order chi connectivity index (χ0) is 12.5. The van der Waals surface area contributed by atoms with E-state index in [0.29, 0.717) is 0 Å². The summed E-state index contributed by atoms with van der Waals surface area (Å²) in [5.74, 6) is 1.64. The van der Waals surface area contributed by atoms with E-state index in [2.05, 4.69) is 0 Å². The van der Waals surface area contributed by atoms with Crippen molar-refractivity contribution in [3.8, 4) is 11.5 Å². The first-order valence-electron chi connectivity index (χ1n) is 6.49. The van der Waals surface area contributed by atoms with Gasteiger partial charge in [0.15, 0.2) is 0 Å². The summed E-state index contributed by atoms with van der Waals surface area (Å²) in [5.41, 5.74) is 7.28. The van der Waals surface area contributed by atoms with Crippen LogP contribution in [0.15, 0.2) is 18.2 Å². The predicted octanol–water partition coefficient (Wildman–Crippen LogP) is 2.03. The lowest BCUT2D eigenvalue weighted by atomic mass is 9.94. The van der Waals surface area contributed by atoms with Gasteiger partial charge in [0.1, 0.15) is 17.6 Å². The van der Waals surface area contributed by atoms with Gasteiger partial charge in [0.05, 0.1) is 13.2 Å². The summed E-state index contributed by atoms with van der Waals surface area (Å²) in [6.45, 7) is 0.838. The molecule has 0 bridgehead atoms. The van der Waals surface area contributed by atoms with Crippen molar-refractivity contribution in [2.24, 2.45) is 5.73 Å². The number of fused-ring (bicyclic) bond motifs is 1. The molecule has 0 saturated carbocycles. The van der Waals surface area contributed by atoms with E-state index in [1.165, 1.54) is 0 Å². The first kappa shape index (κ1) is 11.8. The van der Waals surface area contributed by atoms with Gasteiger partial charge in [-0.2, -0.15) is 0 Å². The molecule has 0 amide bonds. The zero-order valence-corrected chi connectivity index (χ0v) is 10.6. The van der Waals surface area contributed by atoms with Crippen LogP contribution in [0, 0.1) is 0 Å². The standard InChI is InChI=1S/C14H19NO3/c1-16-9-4-5-10-11(15)8-14(18-13(10)7-9)12-3-2-6-17-12/h4-5,7,11-12,14H,2-3,6,8,15H2,1H3/t11-,12?,14?/m0/s1. The van der Waals surface area contributed by atoms with Crippen LogP contribution in [0.1, 0.15) is 30.9 Å². The SMILES string of the molecule is COc1ccc2c(c1)OC(C1CCCO1)C[C@@H]2N. The topological polar surface area (TPSA) is 53.7 Å². The van der Waals surface area contributed by atoms with E-state index >= 15 is 0 Å². The smallest absolute Gasteiger partial charge is 0.128 e. The molecule has 0 aliphatic carbocycles. The molecule has 2 aliphatic rings. The van der Waals surface area contributed by atoms with Gasteiger partial charge in [-0.3, -0.25) is 0 Å². The fraction of sp³-hybridized carbons (Fsp3) is 0.571. The van der Waals surface area contributed by atoms with Crippen molar-refractivity contribution in [2.45, 2.75) is 37.5 Å². The quantitative estimate of drug-likeness (QED) is 0.871. The number of ether oxygens (including phenoxy) is 3. The predicted molar refractivity (Wildman–Crippen MR) is 67.9 cm³/mol. The highest BCUT2D eigenvalue weighted by Crippen LogP contribution is 2.38. The molecule has 0 radical (unpaired) electrons. The van der Waals surface area contributed by atoms with Crippen LogP contribution in [0.25, 0.3) is 0 Å². The zero-order valence-electron chi connectivity index (χ0n) is 10.6. The Hall–Kier alpha value is -1.26. The summed E-state index contributed by atoms with van der Waals surface area (Å²) in [6, 6.07) is 5.85. The van der Waals surface area contributed by atoms with Crippen molar-refractivity contribution in [1.29, 1.82) is 0 Å². The molecule has 2 aliphatic heterocycles. The number of benzene rings is 1. The van der Waals surface area contributed by atoms with Gasteiger partial charge in [-0.1, -0.05) is 6.07 Å². The highest BCUT2D eigenvalue weighted by atomic mass is 16.5. The van der Waals surface area contributed by atoms with Crippen LogP contribution in [0.5, 0.6) is 11.5 Å². The van der Waals surface area contributed by atoms with Gasteiger partial charge in [-0.15, -0.1) is 0 Å². The lowest BCUT2D eigenvalue weighted by Gasteiger charge is -2.33. The molecule has 1 saturated heterocycles. The van der Waals surface area contributed by atoms with Crippen molar-refractivity contribution in [2.75, 3.05) is 13.7 Å². The number of hydrogen-bond acceptors (Lipinski definition) is 4. The van der Waals surface area contributed by atoms with Crippen LogP contribution in [0.3, 0.4) is 0 Å². The normalized spacial score (nSPS) is 30.7. The Balaban J connectivity index is 1.85. The third-order valence-electron chi connectivity index (χ3n) is 3.76. The summed E-state index contributed by atoms with van der Waals surface area (Å²) < 4.78 is 17.0. The molecule has 2 N–H and O–H groups in total. The first-order valence-corrected chi connectivity index (χ1v) is 6.49. The summed E-state index contributed by atoms with van der Waals surface area (Å²) >= 11 is 0. The maximum Gasteiger partial charge on any atom is 0.128 e. The van der Waals surface area contributed by atoms with E-state index in [1.54, 1.807) is 7.11 Å². The molecule has 98 valence electrons. The molecule has 4 nitrogen and oxygen atoms in total. The molecule has 2 heterocycles. The van der Waals surface area contributed by atoms with Crippen LogP contribution < -0.4 is 15.2 Å². The highest BCUT2D eigenvalue weighted by Gasteiger charge is 2.34. The van der Waals surface area contributed by atoms with E-state index in [0.717, 1.165) is 42.9 Å². The van der Waals surface area contributed by atoms with Gasteiger partial charge in [-0.25, -0.2) is 0 Å². The van der Waals surface area contributed by atoms with Gasteiger partial charge >= 0.3 is 0 Å². The third-order valence-corrected chi connectivity index (χ3v) is 3.76. The molecule has 3 rings (SSSR count). The van der Waals surface area contributed by atoms with Gasteiger partial charge in [0.2, 0.25) is 0 Å². The van der Waals surface area contributed by atoms with Crippen LogP contribution >= 0.6 is 0 Å². The molecule has 1 aromatic rings. The molecule has 4 heteroatoms. The molecular weight excluding hydrogens is 230 g/mol. The largest absolute Gasteiger partial charge is 0.497 e. The molecule has 0 aromatic heterocycles. The van der Waals surface area contributed by atoms with Gasteiger partial charge < -0.3 is 19.9 Å². The maximum atomic E-state index is 6.22. The lowest BCUT2D eigenvalue weighted by molar-refractivity contribution is -0.00205. The van der Waals surface area contributed by atoms with E-state index < -0.39 is 0 Å². The van der Waals surface area contributed by atoms with Crippen LogP contribution in [0.2, 0.25) is 0 Å². The minimum Gasteiger partial charge on any atom is -0.497 e. The second-order valence-electron chi connectivity index (χ2n) is 4.95. The summed E-state index contributed by atoms with van der Waals surface area (Å²) in [4.78, 5) is 0. The first-order chi connectivity index (χ1) is 8.78.